The van der Waals surface area contributed by atoms with Crippen LogP contribution in [-0.2, 0) is 12.8 Å². The second-order valence-corrected chi connectivity index (χ2v) is 9.20. The van der Waals surface area contributed by atoms with Gasteiger partial charge in [-0.15, -0.1) is 11.3 Å². The van der Waals surface area contributed by atoms with Crippen molar-refractivity contribution in [3.63, 3.8) is 0 Å². The van der Waals surface area contributed by atoms with Crippen LogP contribution in [0.25, 0.3) is 10.2 Å². The zero-order valence-electron chi connectivity index (χ0n) is 15.4. The van der Waals surface area contributed by atoms with Gasteiger partial charge in [-0.2, -0.15) is 4.98 Å². The van der Waals surface area contributed by atoms with Crippen molar-refractivity contribution in [3.05, 3.63) is 28.5 Å². The Morgan fingerprint density at radius 2 is 1.85 bits per heavy atom. The molecule has 2 aliphatic carbocycles. The number of thiophene rings is 1. The predicted molar refractivity (Wildman–Crippen MR) is 105 cm³/mol. The molecule has 6 rings (SSSR count). The van der Waals surface area contributed by atoms with Crippen LogP contribution in [0.15, 0.2) is 10.9 Å². The topological polar surface area (TPSA) is 67.9 Å². The van der Waals surface area contributed by atoms with Crippen molar-refractivity contribution in [2.45, 2.75) is 63.2 Å². The molecule has 1 aliphatic heterocycles. The molecule has 3 aromatic heterocycles. The Morgan fingerprint density at radius 3 is 2.70 bits per heavy atom. The van der Waals surface area contributed by atoms with Gasteiger partial charge in [0.1, 0.15) is 17.0 Å². The highest BCUT2D eigenvalue weighted by Gasteiger charge is 2.32. The van der Waals surface area contributed by atoms with E-state index in [0.29, 0.717) is 11.8 Å². The third-order valence-corrected chi connectivity index (χ3v) is 7.47. The first-order valence-corrected chi connectivity index (χ1v) is 11.0. The molecule has 140 valence electrons. The molecule has 3 aromatic rings. The van der Waals surface area contributed by atoms with Gasteiger partial charge in [0.2, 0.25) is 5.89 Å². The zero-order valence-corrected chi connectivity index (χ0v) is 16.2. The van der Waals surface area contributed by atoms with Crippen LogP contribution in [0.3, 0.4) is 0 Å². The van der Waals surface area contributed by atoms with E-state index in [1.807, 2.05) is 11.3 Å². The van der Waals surface area contributed by atoms with E-state index in [1.165, 1.54) is 59.2 Å². The summed E-state index contributed by atoms with van der Waals surface area (Å²) < 4.78 is 5.47. The molecule has 0 spiro atoms. The number of aryl methyl sites for hydroxylation is 2. The minimum absolute atomic E-state index is 0.409. The minimum atomic E-state index is 0.409. The van der Waals surface area contributed by atoms with E-state index < -0.39 is 0 Å². The lowest BCUT2D eigenvalue weighted by atomic mass is 9.94. The first-order valence-electron chi connectivity index (χ1n) is 10.2. The van der Waals surface area contributed by atoms with E-state index in [2.05, 4.69) is 20.0 Å². The Labute approximate surface area is 162 Å². The van der Waals surface area contributed by atoms with Crippen molar-refractivity contribution in [2.24, 2.45) is 0 Å². The summed E-state index contributed by atoms with van der Waals surface area (Å²) in [5, 5.41) is 5.59. The first kappa shape index (κ1) is 16.0. The highest BCUT2D eigenvalue weighted by Crippen LogP contribution is 2.42. The Bertz CT molecular complexity index is 984. The average Bonchev–Trinajstić information content (AvgIpc) is 3.32. The van der Waals surface area contributed by atoms with Crippen LogP contribution in [0.4, 0.5) is 5.82 Å². The van der Waals surface area contributed by atoms with Crippen molar-refractivity contribution < 1.29 is 4.52 Å². The highest BCUT2D eigenvalue weighted by atomic mass is 32.1. The number of anilines is 1. The van der Waals surface area contributed by atoms with Crippen molar-refractivity contribution in [3.8, 4) is 0 Å². The SMILES string of the molecule is c1nc(N2CCC(c3noc(C4CC4)n3)CC2)c2c3c(sc2n1)CCCC3. The molecule has 0 amide bonds. The molecule has 0 unspecified atom stereocenters. The van der Waals surface area contributed by atoms with E-state index in [9.17, 15) is 0 Å². The van der Waals surface area contributed by atoms with Crippen LogP contribution in [0, 0.1) is 0 Å². The number of piperidine rings is 1. The predicted octanol–water partition coefficient (Wildman–Crippen LogP) is 4.21. The normalized spacial score (nSPS) is 21.0. The summed E-state index contributed by atoms with van der Waals surface area (Å²) in [6, 6.07) is 0. The highest BCUT2D eigenvalue weighted by molar-refractivity contribution is 7.19. The van der Waals surface area contributed by atoms with Crippen molar-refractivity contribution in [1.29, 1.82) is 0 Å². The van der Waals surface area contributed by atoms with Gasteiger partial charge in [0.25, 0.3) is 0 Å². The lowest BCUT2D eigenvalue weighted by molar-refractivity contribution is 0.365. The van der Waals surface area contributed by atoms with Gasteiger partial charge in [-0.05, 0) is 56.9 Å². The fourth-order valence-corrected chi connectivity index (χ4v) is 5.80. The van der Waals surface area contributed by atoms with Gasteiger partial charge in [0.15, 0.2) is 5.82 Å². The molecule has 7 heteroatoms. The number of hydrogen-bond donors (Lipinski definition) is 0. The van der Waals surface area contributed by atoms with Crippen molar-refractivity contribution in [1.82, 2.24) is 20.1 Å². The van der Waals surface area contributed by atoms with E-state index in [-0.39, 0.29) is 0 Å². The summed E-state index contributed by atoms with van der Waals surface area (Å²) in [5.74, 6) is 3.85. The molecule has 1 saturated carbocycles. The molecule has 0 radical (unpaired) electrons. The van der Waals surface area contributed by atoms with Crippen molar-refractivity contribution >= 4 is 27.4 Å². The number of aromatic nitrogens is 4. The molecule has 1 saturated heterocycles. The molecule has 0 aromatic carbocycles. The molecule has 0 bridgehead atoms. The fourth-order valence-electron chi connectivity index (χ4n) is 4.57. The maximum absolute atomic E-state index is 5.47. The van der Waals surface area contributed by atoms with Gasteiger partial charge in [-0.25, -0.2) is 9.97 Å². The first-order chi connectivity index (χ1) is 13.4. The molecular formula is C20H23N5OS. The van der Waals surface area contributed by atoms with Crippen LogP contribution in [0.1, 0.15) is 72.5 Å². The third kappa shape index (κ3) is 2.74. The van der Waals surface area contributed by atoms with E-state index in [0.717, 1.165) is 43.5 Å². The number of nitrogens with zero attached hydrogens (tertiary/aromatic N) is 5. The van der Waals surface area contributed by atoms with Gasteiger partial charge in [0.05, 0.1) is 5.39 Å². The third-order valence-electron chi connectivity index (χ3n) is 6.28. The van der Waals surface area contributed by atoms with Crippen LogP contribution >= 0.6 is 11.3 Å². The Morgan fingerprint density at radius 1 is 1.00 bits per heavy atom. The summed E-state index contributed by atoms with van der Waals surface area (Å²) in [4.78, 5) is 19.1. The smallest absolute Gasteiger partial charge is 0.229 e. The molecule has 6 nitrogen and oxygen atoms in total. The number of hydrogen-bond acceptors (Lipinski definition) is 7. The second kappa shape index (κ2) is 6.26. The Balaban J connectivity index is 1.25. The summed E-state index contributed by atoms with van der Waals surface area (Å²) in [6.45, 7) is 1.99. The molecule has 3 aliphatic rings. The maximum atomic E-state index is 5.47. The summed E-state index contributed by atoms with van der Waals surface area (Å²) in [7, 11) is 0. The molecular weight excluding hydrogens is 358 g/mol. The van der Waals surface area contributed by atoms with Gasteiger partial charge in [-0.1, -0.05) is 5.16 Å². The van der Waals surface area contributed by atoms with Crippen LogP contribution in [0.2, 0.25) is 0 Å². The van der Waals surface area contributed by atoms with Gasteiger partial charge < -0.3 is 9.42 Å². The van der Waals surface area contributed by atoms with Crippen LogP contribution < -0.4 is 4.90 Å². The molecule has 0 atom stereocenters. The quantitative estimate of drug-likeness (QED) is 0.677. The largest absolute Gasteiger partial charge is 0.356 e. The van der Waals surface area contributed by atoms with Crippen LogP contribution in [-0.4, -0.2) is 33.2 Å². The lowest BCUT2D eigenvalue weighted by Crippen LogP contribution is -2.34. The zero-order chi connectivity index (χ0) is 17.8. The maximum Gasteiger partial charge on any atom is 0.229 e. The second-order valence-electron chi connectivity index (χ2n) is 8.11. The van der Waals surface area contributed by atoms with E-state index >= 15 is 0 Å². The van der Waals surface area contributed by atoms with E-state index in [4.69, 9.17) is 9.51 Å². The Hall–Kier alpha value is -2.02. The monoisotopic (exact) mass is 381 g/mol. The lowest BCUT2D eigenvalue weighted by Gasteiger charge is -2.32. The molecule has 2 fully saturated rings. The van der Waals surface area contributed by atoms with Crippen molar-refractivity contribution in [2.75, 3.05) is 18.0 Å². The fraction of sp³-hybridized carbons (Fsp3) is 0.600. The number of rotatable bonds is 3. The molecule has 0 N–H and O–H groups in total. The molecule has 27 heavy (non-hydrogen) atoms. The summed E-state index contributed by atoms with van der Waals surface area (Å²) >= 11 is 1.88. The summed E-state index contributed by atoms with van der Waals surface area (Å²) in [5.41, 5.74) is 1.52. The standard InChI is InChI=1S/C20H23N5OS/c1-2-4-15-14(3-1)16-18(21-11-22-20(16)27-15)25-9-7-12(8-10-25)17-23-19(26-24-17)13-5-6-13/h11-13H,1-10H2. The van der Waals surface area contributed by atoms with Crippen LogP contribution in [0.5, 0.6) is 0 Å². The van der Waals surface area contributed by atoms with Gasteiger partial charge >= 0.3 is 0 Å². The average molecular weight is 382 g/mol. The van der Waals surface area contributed by atoms with Gasteiger partial charge in [0, 0.05) is 29.8 Å². The Kier molecular flexibility index (Phi) is 3.70. The molecule has 4 heterocycles. The summed E-state index contributed by atoms with van der Waals surface area (Å²) in [6.07, 6.45) is 11.2. The number of fused-ring (bicyclic) bond motifs is 3. The minimum Gasteiger partial charge on any atom is -0.356 e. The van der Waals surface area contributed by atoms with Gasteiger partial charge in [-0.3, -0.25) is 0 Å². The van der Waals surface area contributed by atoms with E-state index in [1.54, 1.807) is 6.33 Å².